The molecule has 0 aliphatic carbocycles. The molecule has 0 saturated carbocycles. The van der Waals surface area contributed by atoms with Crippen LogP contribution in [-0.2, 0) is 4.79 Å². The molecular weight excluding hydrogens is 219 g/mol. The van der Waals surface area contributed by atoms with Crippen molar-refractivity contribution in [1.29, 1.82) is 0 Å². The molecule has 0 fully saturated rings. The molecule has 14 heavy (non-hydrogen) atoms. The Hall–Kier alpha value is -0.790. The van der Waals surface area contributed by atoms with Gasteiger partial charge in [0.15, 0.2) is 0 Å². The van der Waals surface area contributed by atoms with Gasteiger partial charge in [-0.25, -0.2) is 0 Å². The first-order valence-electron chi connectivity index (χ1n) is 4.20. The summed E-state index contributed by atoms with van der Waals surface area (Å²) in [6.45, 7) is 3.60. The summed E-state index contributed by atoms with van der Waals surface area (Å²) >= 11 is 11.6. The van der Waals surface area contributed by atoms with E-state index in [0.29, 0.717) is 16.5 Å². The van der Waals surface area contributed by atoms with E-state index in [9.17, 15) is 4.79 Å². The molecule has 0 aliphatic heterocycles. The molecule has 0 aliphatic rings. The Kier molecular flexibility index (Phi) is 4.18. The van der Waals surface area contributed by atoms with Crippen molar-refractivity contribution in [3.05, 3.63) is 46.5 Å². The number of aldehydes is 1. The van der Waals surface area contributed by atoms with Crippen molar-refractivity contribution in [3.8, 4) is 0 Å². The van der Waals surface area contributed by atoms with E-state index in [2.05, 4.69) is 6.58 Å². The zero-order valence-electron chi connectivity index (χ0n) is 7.54. The maximum atomic E-state index is 10.8. The van der Waals surface area contributed by atoms with Crippen LogP contribution >= 0.6 is 23.2 Å². The molecule has 0 N–H and O–H groups in total. The zero-order chi connectivity index (χ0) is 10.6. The summed E-state index contributed by atoms with van der Waals surface area (Å²) in [6.07, 6.45) is 3.21. The van der Waals surface area contributed by atoms with Crippen LogP contribution in [-0.4, -0.2) is 6.29 Å². The van der Waals surface area contributed by atoms with Gasteiger partial charge in [0.2, 0.25) is 0 Å². The van der Waals surface area contributed by atoms with Gasteiger partial charge in [-0.2, -0.15) is 0 Å². The highest BCUT2D eigenvalue weighted by molar-refractivity contribution is 6.42. The van der Waals surface area contributed by atoms with Gasteiger partial charge in [0.05, 0.1) is 10.0 Å². The third-order valence-corrected chi connectivity index (χ3v) is 2.70. The minimum atomic E-state index is -0.178. The molecule has 0 spiro atoms. The number of hydrogen-bond acceptors (Lipinski definition) is 1. The Morgan fingerprint density at radius 3 is 2.57 bits per heavy atom. The van der Waals surface area contributed by atoms with Gasteiger partial charge in [-0.05, 0) is 24.1 Å². The Morgan fingerprint density at radius 1 is 1.36 bits per heavy atom. The quantitative estimate of drug-likeness (QED) is 0.566. The Bertz CT molecular complexity index is 347. The van der Waals surface area contributed by atoms with Crippen LogP contribution in [0.3, 0.4) is 0 Å². The minimum Gasteiger partial charge on any atom is -0.303 e. The molecule has 1 nitrogen and oxygen atoms in total. The van der Waals surface area contributed by atoms with Crippen molar-refractivity contribution in [2.24, 2.45) is 0 Å². The Labute approximate surface area is 93.3 Å². The van der Waals surface area contributed by atoms with Crippen molar-refractivity contribution >= 4 is 29.5 Å². The molecule has 0 aromatic heterocycles. The highest BCUT2D eigenvalue weighted by atomic mass is 35.5. The van der Waals surface area contributed by atoms with E-state index in [0.717, 1.165) is 11.8 Å². The average Bonchev–Trinajstić information content (AvgIpc) is 2.19. The second kappa shape index (κ2) is 5.18. The first-order chi connectivity index (χ1) is 6.69. The smallest absolute Gasteiger partial charge is 0.127 e. The maximum absolute atomic E-state index is 10.8. The first-order valence-corrected chi connectivity index (χ1v) is 4.95. The van der Waals surface area contributed by atoms with Gasteiger partial charge < -0.3 is 4.79 Å². The fourth-order valence-electron chi connectivity index (χ4n) is 1.19. The fourth-order valence-corrected chi connectivity index (χ4v) is 1.50. The van der Waals surface area contributed by atoms with Crippen LogP contribution < -0.4 is 0 Å². The second-order valence-electron chi connectivity index (χ2n) is 2.94. The van der Waals surface area contributed by atoms with Crippen LogP contribution in [0.1, 0.15) is 17.9 Å². The fraction of sp³-hybridized carbons (Fsp3) is 0.182. The van der Waals surface area contributed by atoms with Crippen molar-refractivity contribution in [1.82, 2.24) is 0 Å². The molecule has 1 rings (SSSR count). The highest BCUT2D eigenvalue weighted by Gasteiger charge is 2.09. The third-order valence-electron chi connectivity index (χ3n) is 1.96. The number of allylic oxidation sites excluding steroid dienone is 1. The van der Waals surface area contributed by atoms with Gasteiger partial charge >= 0.3 is 0 Å². The lowest BCUT2D eigenvalue weighted by atomic mass is 9.97. The van der Waals surface area contributed by atoms with Crippen molar-refractivity contribution in [2.75, 3.05) is 0 Å². The standard InChI is InChI=1S/C11H10Cl2O/c1-2-3-9(7-14)8-4-5-10(12)11(13)6-8/h2,4-7,9H,1,3H2. The van der Waals surface area contributed by atoms with Crippen LogP contribution in [0.2, 0.25) is 10.0 Å². The summed E-state index contributed by atoms with van der Waals surface area (Å²) in [5.41, 5.74) is 0.870. The number of rotatable bonds is 4. The monoisotopic (exact) mass is 228 g/mol. The Balaban J connectivity index is 2.98. The topological polar surface area (TPSA) is 17.1 Å². The summed E-state index contributed by atoms with van der Waals surface area (Å²) < 4.78 is 0. The molecule has 0 saturated heterocycles. The number of carbonyl (C=O) groups is 1. The zero-order valence-corrected chi connectivity index (χ0v) is 9.05. The van der Waals surface area contributed by atoms with Crippen molar-refractivity contribution in [3.63, 3.8) is 0 Å². The van der Waals surface area contributed by atoms with E-state index in [1.165, 1.54) is 0 Å². The van der Waals surface area contributed by atoms with E-state index in [1.54, 1.807) is 24.3 Å². The van der Waals surface area contributed by atoms with E-state index in [-0.39, 0.29) is 5.92 Å². The largest absolute Gasteiger partial charge is 0.303 e. The number of benzene rings is 1. The lowest BCUT2D eigenvalue weighted by Crippen LogP contribution is -1.98. The average molecular weight is 229 g/mol. The van der Waals surface area contributed by atoms with Crippen LogP contribution in [0.4, 0.5) is 0 Å². The summed E-state index contributed by atoms with van der Waals surface area (Å²) in [4.78, 5) is 10.8. The van der Waals surface area contributed by atoms with Gasteiger partial charge in [0.25, 0.3) is 0 Å². The molecule has 0 amide bonds. The van der Waals surface area contributed by atoms with Crippen LogP contribution in [0.5, 0.6) is 0 Å². The number of carbonyl (C=O) groups excluding carboxylic acids is 1. The SMILES string of the molecule is C=CCC(C=O)c1ccc(Cl)c(Cl)c1. The van der Waals surface area contributed by atoms with Crippen molar-refractivity contribution < 1.29 is 4.79 Å². The normalized spacial score (nSPS) is 12.1. The lowest BCUT2D eigenvalue weighted by Gasteiger charge is -2.08. The van der Waals surface area contributed by atoms with Gasteiger partial charge in [0, 0.05) is 5.92 Å². The van der Waals surface area contributed by atoms with Gasteiger partial charge in [0.1, 0.15) is 6.29 Å². The molecule has 1 atom stereocenters. The van der Waals surface area contributed by atoms with Crippen molar-refractivity contribution in [2.45, 2.75) is 12.3 Å². The summed E-state index contributed by atoms with van der Waals surface area (Å²) in [7, 11) is 0. The lowest BCUT2D eigenvalue weighted by molar-refractivity contribution is -0.109. The molecule has 0 bridgehead atoms. The van der Waals surface area contributed by atoms with E-state index >= 15 is 0 Å². The van der Waals surface area contributed by atoms with Gasteiger partial charge in [-0.15, -0.1) is 6.58 Å². The molecule has 0 heterocycles. The molecular formula is C11H10Cl2O. The number of hydrogen-bond donors (Lipinski definition) is 0. The molecule has 3 heteroatoms. The van der Waals surface area contributed by atoms with Gasteiger partial charge in [-0.1, -0.05) is 35.3 Å². The van der Waals surface area contributed by atoms with Crippen LogP contribution in [0.25, 0.3) is 0 Å². The van der Waals surface area contributed by atoms with E-state index in [1.807, 2.05) is 0 Å². The molecule has 74 valence electrons. The second-order valence-corrected chi connectivity index (χ2v) is 3.75. The summed E-state index contributed by atoms with van der Waals surface area (Å²) in [6, 6.07) is 5.21. The first kappa shape index (κ1) is 11.3. The highest BCUT2D eigenvalue weighted by Crippen LogP contribution is 2.27. The third kappa shape index (κ3) is 2.60. The number of halogens is 2. The van der Waals surface area contributed by atoms with Crippen LogP contribution in [0.15, 0.2) is 30.9 Å². The van der Waals surface area contributed by atoms with Gasteiger partial charge in [-0.3, -0.25) is 0 Å². The van der Waals surface area contributed by atoms with E-state index < -0.39 is 0 Å². The predicted octanol–water partition coefficient (Wildman–Crippen LogP) is 3.85. The van der Waals surface area contributed by atoms with E-state index in [4.69, 9.17) is 23.2 Å². The maximum Gasteiger partial charge on any atom is 0.127 e. The minimum absolute atomic E-state index is 0.178. The molecule has 1 aromatic rings. The summed E-state index contributed by atoms with van der Waals surface area (Å²) in [5.74, 6) is -0.178. The molecule has 0 radical (unpaired) electrons. The summed E-state index contributed by atoms with van der Waals surface area (Å²) in [5, 5.41) is 0.971. The predicted molar refractivity (Wildman–Crippen MR) is 60.1 cm³/mol. The van der Waals surface area contributed by atoms with Crippen LogP contribution in [0, 0.1) is 0 Å². The Morgan fingerprint density at radius 2 is 2.07 bits per heavy atom. The molecule has 1 unspecified atom stereocenters. The molecule has 1 aromatic carbocycles.